The van der Waals surface area contributed by atoms with E-state index in [1.807, 2.05) is 12.1 Å². The molecular formula is C18H29FSi. The molecule has 112 valence electrons. The van der Waals surface area contributed by atoms with Crippen LogP contribution >= 0.6 is 0 Å². The molecule has 0 aliphatic carbocycles. The van der Waals surface area contributed by atoms with Crippen LogP contribution in [0, 0.1) is 5.82 Å². The molecule has 0 nitrogen and oxygen atoms in total. The number of halogens is 1. The quantitative estimate of drug-likeness (QED) is 0.433. The molecule has 1 saturated heterocycles. The van der Waals surface area contributed by atoms with E-state index in [1.165, 1.54) is 62.6 Å². The van der Waals surface area contributed by atoms with Crippen molar-refractivity contribution in [2.45, 2.75) is 75.9 Å². The molecule has 0 bridgehead atoms. The maximum Gasteiger partial charge on any atom is 0.123 e. The first kappa shape index (κ1) is 15.8. The van der Waals surface area contributed by atoms with E-state index in [1.54, 1.807) is 18.2 Å². The van der Waals surface area contributed by atoms with E-state index in [2.05, 4.69) is 6.92 Å². The lowest BCUT2D eigenvalue weighted by atomic mass is 9.93. The van der Waals surface area contributed by atoms with Crippen molar-refractivity contribution in [1.29, 1.82) is 0 Å². The van der Waals surface area contributed by atoms with Crippen LogP contribution in [-0.2, 0) is 0 Å². The van der Waals surface area contributed by atoms with Gasteiger partial charge in [0.1, 0.15) is 5.82 Å². The normalized spacial score (nSPS) is 22.9. The van der Waals surface area contributed by atoms with Crippen molar-refractivity contribution in [2.75, 3.05) is 0 Å². The molecule has 0 saturated carbocycles. The Morgan fingerprint density at radius 2 is 1.65 bits per heavy atom. The van der Waals surface area contributed by atoms with Crippen molar-refractivity contribution >= 4 is 8.80 Å². The molecule has 0 amide bonds. The predicted octanol–water partition coefficient (Wildman–Crippen LogP) is 5.90. The van der Waals surface area contributed by atoms with Crippen molar-refractivity contribution in [1.82, 2.24) is 0 Å². The minimum atomic E-state index is -0.424. The third-order valence-corrected chi connectivity index (χ3v) is 8.43. The van der Waals surface area contributed by atoms with Gasteiger partial charge < -0.3 is 0 Å². The summed E-state index contributed by atoms with van der Waals surface area (Å²) >= 11 is 0. The number of hydrogen-bond donors (Lipinski definition) is 0. The second-order valence-corrected chi connectivity index (χ2v) is 9.94. The topological polar surface area (TPSA) is 0 Å². The molecule has 2 rings (SSSR count). The van der Waals surface area contributed by atoms with Crippen LogP contribution in [0.15, 0.2) is 24.3 Å². The molecule has 1 fully saturated rings. The third-order valence-electron chi connectivity index (χ3n) is 4.90. The van der Waals surface area contributed by atoms with Gasteiger partial charge in [0.2, 0.25) is 0 Å². The summed E-state index contributed by atoms with van der Waals surface area (Å²) in [7, 11) is -0.424. The van der Waals surface area contributed by atoms with Gasteiger partial charge in [-0.05, 0) is 36.5 Å². The van der Waals surface area contributed by atoms with Crippen molar-refractivity contribution in [3.05, 3.63) is 35.6 Å². The molecule has 1 aromatic rings. The summed E-state index contributed by atoms with van der Waals surface area (Å²) in [5.41, 5.74) is 1.36. The average molecular weight is 293 g/mol. The molecule has 1 heterocycles. The van der Waals surface area contributed by atoms with Gasteiger partial charge in [0.25, 0.3) is 0 Å². The Hall–Kier alpha value is -0.633. The maximum atomic E-state index is 13.0. The highest BCUT2D eigenvalue weighted by Gasteiger charge is 2.22. The molecule has 0 spiro atoms. The van der Waals surface area contributed by atoms with Gasteiger partial charge in [-0.15, -0.1) is 0 Å². The molecule has 2 heteroatoms. The third kappa shape index (κ3) is 5.04. The van der Waals surface area contributed by atoms with Crippen molar-refractivity contribution in [2.24, 2.45) is 0 Å². The van der Waals surface area contributed by atoms with E-state index in [-0.39, 0.29) is 5.82 Å². The van der Waals surface area contributed by atoms with E-state index in [0.29, 0.717) is 5.92 Å². The Bertz CT molecular complexity index is 366. The van der Waals surface area contributed by atoms with E-state index < -0.39 is 8.80 Å². The van der Waals surface area contributed by atoms with E-state index in [4.69, 9.17) is 0 Å². The van der Waals surface area contributed by atoms with E-state index in [0.717, 1.165) is 0 Å². The van der Waals surface area contributed by atoms with Crippen LogP contribution in [0.1, 0.15) is 63.4 Å². The predicted molar refractivity (Wildman–Crippen MR) is 88.7 cm³/mol. The van der Waals surface area contributed by atoms with Gasteiger partial charge in [-0.2, -0.15) is 0 Å². The highest BCUT2D eigenvalue weighted by atomic mass is 28.3. The molecule has 20 heavy (non-hydrogen) atoms. The molecule has 1 aromatic carbocycles. The SMILES string of the molecule is CCCCCCC[Si@H]1CC[C@@H](c2ccc(F)cc2)CC1. The standard InChI is InChI=1S/C18H29FSi/c1-2-3-4-5-6-13-20-14-11-17(12-15-20)16-7-9-18(19)10-8-16/h7-10,17,20H,2-6,11-15H2,1H3/t17-,20+. The Balaban J connectivity index is 1.66. The Morgan fingerprint density at radius 3 is 2.30 bits per heavy atom. The van der Waals surface area contributed by atoms with Crippen LogP contribution in [-0.4, -0.2) is 8.80 Å². The summed E-state index contributed by atoms with van der Waals surface area (Å²) in [5, 5.41) is 0. The summed E-state index contributed by atoms with van der Waals surface area (Å²) < 4.78 is 13.0. The molecule has 0 atom stereocenters. The van der Waals surface area contributed by atoms with Gasteiger partial charge in [0, 0.05) is 8.80 Å². The monoisotopic (exact) mass is 292 g/mol. The number of unbranched alkanes of at least 4 members (excludes halogenated alkanes) is 4. The first-order valence-electron chi connectivity index (χ1n) is 8.55. The number of rotatable bonds is 7. The van der Waals surface area contributed by atoms with Crippen LogP contribution in [0.5, 0.6) is 0 Å². The fraction of sp³-hybridized carbons (Fsp3) is 0.667. The van der Waals surface area contributed by atoms with Gasteiger partial charge in [-0.25, -0.2) is 4.39 Å². The van der Waals surface area contributed by atoms with E-state index >= 15 is 0 Å². The summed E-state index contributed by atoms with van der Waals surface area (Å²) in [6.45, 7) is 2.28. The second kappa shape index (κ2) is 8.61. The summed E-state index contributed by atoms with van der Waals surface area (Å²) in [4.78, 5) is 0. The second-order valence-electron chi connectivity index (χ2n) is 6.47. The lowest BCUT2D eigenvalue weighted by molar-refractivity contribution is 0.593. The first-order valence-corrected chi connectivity index (χ1v) is 11.0. The lowest BCUT2D eigenvalue weighted by Gasteiger charge is -2.28. The number of benzene rings is 1. The van der Waals surface area contributed by atoms with Crippen LogP contribution in [0.25, 0.3) is 0 Å². The van der Waals surface area contributed by atoms with Gasteiger partial charge >= 0.3 is 0 Å². The van der Waals surface area contributed by atoms with Crippen LogP contribution in [0.4, 0.5) is 4.39 Å². The van der Waals surface area contributed by atoms with Gasteiger partial charge in [-0.1, -0.05) is 69.3 Å². The molecular weight excluding hydrogens is 263 g/mol. The highest BCUT2D eigenvalue weighted by molar-refractivity contribution is 6.59. The Kier molecular flexibility index (Phi) is 6.78. The molecule has 1 aliphatic rings. The average Bonchev–Trinajstić information content (AvgIpc) is 2.49. The van der Waals surface area contributed by atoms with Gasteiger partial charge in [0.05, 0.1) is 0 Å². The smallest absolute Gasteiger partial charge is 0.123 e. The molecule has 0 unspecified atom stereocenters. The fourth-order valence-electron chi connectivity index (χ4n) is 3.56. The summed E-state index contributed by atoms with van der Waals surface area (Å²) in [6.07, 6.45) is 9.86. The van der Waals surface area contributed by atoms with Crippen LogP contribution < -0.4 is 0 Å². The summed E-state index contributed by atoms with van der Waals surface area (Å²) in [6, 6.07) is 11.8. The van der Waals surface area contributed by atoms with Gasteiger partial charge in [0.15, 0.2) is 0 Å². The largest absolute Gasteiger partial charge is 0.207 e. The lowest BCUT2D eigenvalue weighted by Crippen LogP contribution is -2.20. The molecule has 0 aromatic heterocycles. The zero-order chi connectivity index (χ0) is 14.2. The van der Waals surface area contributed by atoms with Crippen LogP contribution in [0.2, 0.25) is 18.1 Å². The van der Waals surface area contributed by atoms with Crippen molar-refractivity contribution < 1.29 is 4.39 Å². The minimum Gasteiger partial charge on any atom is -0.207 e. The number of hydrogen-bond acceptors (Lipinski definition) is 0. The molecule has 0 radical (unpaired) electrons. The first-order chi connectivity index (χ1) is 9.79. The Morgan fingerprint density at radius 1 is 1.00 bits per heavy atom. The zero-order valence-electron chi connectivity index (χ0n) is 12.9. The van der Waals surface area contributed by atoms with Gasteiger partial charge in [-0.3, -0.25) is 0 Å². The zero-order valence-corrected chi connectivity index (χ0v) is 14.1. The van der Waals surface area contributed by atoms with Crippen molar-refractivity contribution in [3.63, 3.8) is 0 Å². The fourth-order valence-corrected chi connectivity index (χ4v) is 7.04. The van der Waals surface area contributed by atoms with Crippen LogP contribution in [0.3, 0.4) is 0 Å². The molecule has 0 N–H and O–H groups in total. The van der Waals surface area contributed by atoms with E-state index in [9.17, 15) is 4.39 Å². The minimum absolute atomic E-state index is 0.108. The summed E-state index contributed by atoms with van der Waals surface area (Å²) in [5.74, 6) is 0.600. The highest BCUT2D eigenvalue weighted by Crippen LogP contribution is 2.35. The Labute approximate surface area is 125 Å². The molecule has 1 aliphatic heterocycles. The van der Waals surface area contributed by atoms with Crippen molar-refractivity contribution in [3.8, 4) is 0 Å². The maximum absolute atomic E-state index is 13.0.